The van der Waals surface area contributed by atoms with Crippen LogP contribution in [0.25, 0.3) is 11.4 Å². The number of alkyl halides is 3. The van der Waals surface area contributed by atoms with Crippen LogP contribution in [0.4, 0.5) is 13.2 Å². The molecule has 1 aliphatic carbocycles. The standard InChI is InChI=1S/C19H16ClF3N4O2/c1-27-9-15(19(21,22)23)25-16(27)12-4-2-11(3-5-12)10-28-17-14(29-13-6-7-13)8-24-18(20)26-17/h2-5,8-9,13H,6-7,10H2,1H3. The van der Waals surface area contributed by atoms with E-state index in [2.05, 4.69) is 15.0 Å². The lowest BCUT2D eigenvalue weighted by Gasteiger charge is -2.11. The third-order valence-electron chi connectivity index (χ3n) is 4.27. The van der Waals surface area contributed by atoms with Crippen molar-refractivity contribution in [1.29, 1.82) is 0 Å². The minimum absolute atomic E-state index is 0.0498. The van der Waals surface area contributed by atoms with Crippen LogP contribution in [0.5, 0.6) is 11.6 Å². The molecule has 0 atom stereocenters. The van der Waals surface area contributed by atoms with Crippen LogP contribution in [0.15, 0.2) is 36.7 Å². The summed E-state index contributed by atoms with van der Waals surface area (Å²) in [6.07, 6.45) is 0.0706. The van der Waals surface area contributed by atoms with Gasteiger partial charge in [0.25, 0.3) is 5.88 Å². The van der Waals surface area contributed by atoms with E-state index >= 15 is 0 Å². The first-order valence-electron chi connectivity index (χ1n) is 8.81. The first-order valence-corrected chi connectivity index (χ1v) is 9.19. The van der Waals surface area contributed by atoms with Crippen molar-refractivity contribution in [3.63, 3.8) is 0 Å². The van der Waals surface area contributed by atoms with Crippen molar-refractivity contribution in [2.45, 2.75) is 31.7 Å². The highest BCUT2D eigenvalue weighted by molar-refractivity contribution is 6.28. The zero-order chi connectivity index (χ0) is 20.6. The molecule has 0 spiro atoms. The molecular weight excluding hydrogens is 409 g/mol. The molecule has 0 aliphatic heterocycles. The van der Waals surface area contributed by atoms with Crippen molar-refractivity contribution >= 4 is 11.6 Å². The maximum atomic E-state index is 12.8. The number of hydrogen-bond donors (Lipinski definition) is 0. The Morgan fingerprint density at radius 3 is 2.52 bits per heavy atom. The monoisotopic (exact) mass is 424 g/mol. The lowest BCUT2D eigenvalue weighted by molar-refractivity contribution is -0.140. The second kappa shape index (κ2) is 7.55. The maximum Gasteiger partial charge on any atom is 0.434 e. The summed E-state index contributed by atoms with van der Waals surface area (Å²) >= 11 is 5.84. The van der Waals surface area contributed by atoms with Gasteiger partial charge in [-0.1, -0.05) is 24.3 Å². The van der Waals surface area contributed by atoms with E-state index in [-0.39, 0.29) is 29.7 Å². The predicted molar refractivity (Wildman–Crippen MR) is 98.7 cm³/mol. The van der Waals surface area contributed by atoms with E-state index in [9.17, 15) is 13.2 Å². The largest absolute Gasteiger partial charge is 0.483 e. The van der Waals surface area contributed by atoms with Crippen molar-refractivity contribution in [3.05, 3.63) is 53.2 Å². The highest BCUT2D eigenvalue weighted by Gasteiger charge is 2.34. The van der Waals surface area contributed by atoms with Gasteiger partial charge in [0.1, 0.15) is 12.4 Å². The SMILES string of the molecule is Cn1cc(C(F)(F)F)nc1-c1ccc(COc2nc(Cl)ncc2OC2CC2)cc1. The Labute approximate surface area is 169 Å². The molecule has 0 N–H and O–H groups in total. The second-order valence-corrected chi connectivity index (χ2v) is 7.01. The zero-order valence-corrected chi connectivity index (χ0v) is 16.0. The molecular formula is C19H16ClF3N4O2. The van der Waals surface area contributed by atoms with Gasteiger partial charge in [-0.25, -0.2) is 9.97 Å². The lowest BCUT2D eigenvalue weighted by Crippen LogP contribution is -2.05. The van der Waals surface area contributed by atoms with E-state index in [1.807, 2.05) is 0 Å². The summed E-state index contributed by atoms with van der Waals surface area (Å²) in [5, 5.41) is 0.0498. The average molecular weight is 425 g/mol. The Bertz CT molecular complexity index is 1020. The summed E-state index contributed by atoms with van der Waals surface area (Å²) in [7, 11) is 1.52. The van der Waals surface area contributed by atoms with Crippen LogP contribution < -0.4 is 9.47 Å². The number of halogens is 4. The Morgan fingerprint density at radius 2 is 1.90 bits per heavy atom. The van der Waals surface area contributed by atoms with Gasteiger partial charge in [0, 0.05) is 18.8 Å². The summed E-state index contributed by atoms with van der Waals surface area (Å²) in [6, 6.07) is 6.88. The van der Waals surface area contributed by atoms with Crippen molar-refractivity contribution in [1.82, 2.24) is 19.5 Å². The summed E-state index contributed by atoms with van der Waals surface area (Å²) in [4.78, 5) is 11.7. The van der Waals surface area contributed by atoms with Gasteiger partial charge < -0.3 is 14.0 Å². The van der Waals surface area contributed by atoms with Crippen LogP contribution in [-0.4, -0.2) is 25.6 Å². The summed E-state index contributed by atoms with van der Waals surface area (Å²) in [5.41, 5.74) is 0.437. The molecule has 4 rings (SSSR count). The number of benzene rings is 1. The van der Waals surface area contributed by atoms with Gasteiger partial charge in [-0.15, -0.1) is 0 Å². The molecule has 1 fully saturated rings. The molecule has 0 radical (unpaired) electrons. The number of hydrogen-bond acceptors (Lipinski definition) is 5. The molecule has 2 heterocycles. The molecule has 29 heavy (non-hydrogen) atoms. The van der Waals surface area contributed by atoms with E-state index in [1.165, 1.54) is 17.8 Å². The maximum absolute atomic E-state index is 12.8. The van der Waals surface area contributed by atoms with Crippen LogP contribution in [0.3, 0.4) is 0 Å². The number of aryl methyl sites for hydroxylation is 1. The van der Waals surface area contributed by atoms with Gasteiger partial charge >= 0.3 is 6.18 Å². The molecule has 0 amide bonds. The third-order valence-corrected chi connectivity index (χ3v) is 4.45. The summed E-state index contributed by atoms with van der Waals surface area (Å²) in [5.74, 6) is 0.911. The first-order chi connectivity index (χ1) is 13.8. The molecule has 0 bridgehead atoms. The Kier molecular flexibility index (Phi) is 5.08. The zero-order valence-electron chi connectivity index (χ0n) is 15.3. The number of rotatable bonds is 6. The van der Waals surface area contributed by atoms with E-state index in [0.717, 1.165) is 24.6 Å². The second-order valence-electron chi connectivity index (χ2n) is 6.67. The van der Waals surface area contributed by atoms with Gasteiger partial charge in [-0.05, 0) is 30.0 Å². The minimum atomic E-state index is -4.48. The average Bonchev–Trinajstić information content (AvgIpc) is 3.40. The topological polar surface area (TPSA) is 62.1 Å². The van der Waals surface area contributed by atoms with E-state index in [0.29, 0.717) is 11.3 Å². The molecule has 3 aromatic rings. The van der Waals surface area contributed by atoms with Crippen LogP contribution in [0.2, 0.25) is 5.28 Å². The van der Waals surface area contributed by atoms with Crippen molar-refractivity contribution in [2.24, 2.45) is 7.05 Å². The van der Waals surface area contributed by atoms with Crippen molar-refractivity contribution in [3.8, 4) is 23.0 Å². The Balaban J connectivity index is 1.47. The summed E-state index contributed by atoms with van der Waals surface area (Å²) < 4.78 is 51.3. The highest BCUT2D eigenvalue weighted by Crippen LogP contribution is 2.33. The van der Waals surface area contributed by atoms with Crippen LogP contribution in [0, 0.1) is 0 Å². The van der Waals surface area contributed by atoms with E-state index < -0.39 is 11.9 Å². The molecule has 0 unspecified atom stereocenters. The van der Waals surface area contributed by atoms with Crippen LogP contribution in [0.1, 0.15) is 24.1 Å². The van der Waals surface area contributed by atoms with Gasteiger partial charge in [-0.3, -0.25) is 0 Å². The van der Waals surface area contributed by atoms with Gasteiger partial charge in [-0.2, -0.15) is 18.2 Å². The first kappa shape index (κ1) is 19.5. The quantitative estimate of drug-likeness (QED) is 0.538. The fraction of sp³-hybridized carbons (Fsp3) is 0.316. The normalized spacial score (nSPS) is 14.1. The van der Waals surface area contributed by atoms with Gasteiger partial charge in [0.05, 0.1) is 12.3 Å². The molecule has 1 saturated carbocycles. The molecule has 0 saturated heterocycles. The van der Waals surface area contributed by atoms with Gasteiger partial charge in [0.2, 0.25) is 5.28 Å². The molecule has 2 aromatic heterocycles. The van der Waals surface area contributed by atoms with Gasteiger partial charge in [0.15, 0.2) is 11.4 Å². The molecule has 6 nitrogen and oxygen atoms in total. The molecule has 152 valence electrons. The lowest BCUT2D eigenvalue weighted by atomic mass is 10.1. The highest BCUT2D eigenvalue weighted by atomic mass is 35.5. The van der Waals surface area contributed by atoms with E-state index in [1.54, 1.807) is 24.3 Å². The summed E-state index contributed by atoms with van der Waals surface area (Å²) in [6.45, 7) is 0.184. The molecule has 1 aliphatic rings. The van der Waals surface area contributed by atoms with Crippen LogP contribution in [-0.2, 0) is 19.8 Å². The van der Waals surface area contributed by atoms with Crippen molar-refractivity contribution in [2.75, 3.05) is 0 Å². The van der Waals surface area contributed by atoms with Crippen LogP contribution >= 0.6 is 11.6 Å². The molecule has 1 aromatic carbocycles. The number of aromatic nitrogens is 4. The Morgan fingerprint density at radius 1 is 1.17 bits per heavy atom. The number of ether oxygens (including phenoxy) is 2. The number of nitrogens with zero attached hydrogens (tertiary/aromatic N) is 4. The number of imidazole rings is 1. The molecule has 10 heteroatoms. The fourth-order valence-electron chi connectivity index (χ4n) is 2.66. The minimum Gasteiger partial charge on any atom is -0.483 e. The van der Waals surface area contributed by atoms with Crippen molar-refractivity contribution < 1.29 is 22.6 Å². The third kappa shape index (κ3) is 4.61. The Hall–Kier alpha value is -2.81. The smallest absolute Gasteiger partial charge is 0.434 e. The predicted octanol–water partition coefficient (Wildman–Crippen LogP) is 4.67. The van der Waals surface area contributed by atoms with E-state index in [4.69, 9.17) is 21.1 Å². The fourth-order valence-corrected chi connectivity index (χ4v) is 2.78.